The second-order valence-corrected chi connectivity index (χ2v) is 4.59. The molecule has 2 aromatic rings. The highest BCUT2D eigenvalue weighted by atomic mass is 16.4. The number of aromatic nitrogens is 3. The van der Waals surface area contributed by atoms with Crippen LogP contribution >= 0.6 is 0 Å². The molecule has 0 saturated carbocycles. The largest absolute Gasteiger partial charge is 0.476 e. The SMILES string of the molecule is C[C@H]1CCCN1c1ccc2ncc(C(=O)O)n2n1. The molecule has 0 aromatic carbocycles. The van der Waals surface area contributed by atoms with Crippen LogP contribution in [-0.4, -0.2) is 38.3 Å². The van der Waals surface area contributed by atoms with Crippen LogP contribution in [0.5, 0.6) is 0 Å². The number of aromatic carboxylic acids is 1. The second-order valence-electron chi connectivity index (χ2n) is 4.59. The predicted molar refractivity (Wildman–Crippen MR) is 66.0 cm³/mol. The standard InChI is InChI=1S/C12H14N4O2/c1-8-3-2-6-15(8)11-5-4-10-13-7-9(12(17)18)16(10)14-11/h4-5,7-8H,2-3,6H2,1H3,(H,17,18)/t8-/m0/s1. The van der Waals surface area contributed by atoms with E-state index in [9.17, 15) is 4.79 Å². The lowest BCUT2D eigenvalue weighted by molar-refractivity contribution is 0.0688. The topological polar surface area (TPSA) is 70.7 Å². The molecule has 0 unspecified atom stereocenters. The van der Waals surface area contributed by atoms with Gasteiger partial charge in [0, 0.05) is 12.6 Å². The van der Waals surface area contributed by atoms with Crippen molar-refractivity contribution >= 4 is 17.4 Å². The molecule has 1 N–H and O–H groups in total. The molecular formula is C12H14N4O2. The van der Waals surface area contributed by atoms with Crippen molar-refractivity contribution in [3.8, 4) is 0 Å². The van der Waals surface area contributed by atoms with Gasteiger partial charge in [-0.2, -0.15) is 0 Å². The lowest BCUT2D eigenvalue weighted by Gasteiger charge is -2.22. The molecule has 1 aliphatic rings. The van der Waals surface area contributed by atoms with E-state index in [1.807, 2.05) is 6.07 Å². The molecule has 1 aliphatic heterocycles. The van der Waals surface area contributed by atoms with Gasteiger partial charge in [0.05, 0.1) is 6.20 Å². The van der Waals surface area contributed by atoms with E-state index < -0.39 is 5.97 Å². The molecule has 0 bridgehead atoms. The zero-order valence-electron chi connectivity index (χ0n) is 10.1. The van der Waals surface area contributed by atoms with Gasteiger partial charge in [0.25, 0.3) is 0 Å². The van der Waals surface area contributed by atoms with Crippen LogP contribution in [-0.2, 0) is 0 Å². The number of hydrogen-bond acceptors (Lipinski definition) is 4. The van der Waals surface area contributed by atoms with Crippen molar-refractivity contribution in [2.24, 2.45) is 0 Å². The fourth-order valence-corrected chi connectivity index (χ4v) is 2.44. The average molecular weight is 246 g/mol. The predicted octanol–water partition coefficient (Wildman–Crippen LogP) is 1.42. The van der Waals surface area contributed by atoms with E-state index in [0.29, 0.717) is 11.7 Å². The van der Waals surface area contributed by atoms with Gasteiger partial charge >= 0.3 is 5.97 Å². The quantitative estimate of drug-likeness (QED) is 0.867. The van der Waals surface area contributed by atoms with E-state index in [0.717, 1.165) is 25.2 Å². The molecule has 0 spiro atoms. The Morgan fingerprint density at radius 3 is 3.00 bits per heavy atom. The van der Waals surface area contributed by atoms with Gasteiger partial charge in [0.15, 0.2) is 11.3 Å². The Kier molecular flexibility index (Phi) is 2.43. The van der Waals surface area contributed by atoms with Crippen molar-refractivity contribution in [3.05, 3.63) is 24.0 Å². The van der Waals surface area contributed by atoms with Gasteiger partial charge in [-0.05, 0) is 31.9 Å². The summed E-state index contributed by atoms with van der Waals surface area (Å²) in [6.45, 7) is 3.13. The van der Waals surface area contributed by atoms with Crippen LogP contribution in [0.15, 0.2) is 18.3 Å². The summed E-state index contributed by atoms with van der Waals surface area (Å²) in [6.07, 6.45) is 3.63. The molecule has 0 amide bonds. The van der Waals surface area contributed by atoms with E-state index >= 15 is 0 Å². The number of carboxylic acids is 1. The fraction of sp³-hybridized carbons (Fsp3) is 0.417. The van der Waals surface area contributed by atoms with Gasteiger partial charge in [-0.25, -0.2) is 14.3 Å². The number of nitrogens with zero attached hydrogens (tertiary/aromatic N) is 4. The van der Waals surface area contributed by atoms with Gasteiger partial charge in [-0.3, -0.25) is 0 Å². The van der Waals surface area contributed by atoms with Gasteiger partial charge < -0.3 is 10.0 Å². The molecule has 1 saturated heterocycles. The summed E-state index contributed by atoms with van der Waals surface area (Å²) in [7, 11) is 0. The van der Waals surface area contributed by atoms with Crippen molar-refractivity contribution in [2.75, 3.05) is 11.4 Å². The first-order valence-corrected chi connectivity index (χ1v) is 6.01. The smallest absolute Gasteiger partial charge is 0.356 e. The van der Waals surface area contributed by atoms with Gasteiger partial charge in [-0.1, -0.05) is 0 Å². The normalized spacial score (nSPS) is 19.6. The molecule has 1 atom stereocenters. The highest BCUT2D eigenvalue weighted by Gasteiger charge is 2.22. The maximum Gasteiger partial charge on any atom is 0.356 e. The summed E-state index contributed by atoms with van der Waals surface area (Å²) < 4.78 is 1.39. The Labute approximate surface area is 104 Å². The minimum atomic E-state index is -1.01. The molecule has 3 heterocycles. The molecule has 18 heavy (non-hydrogen) atoms. The first kappa shape index (κ1) is 11.0. The molecule has 0 aliphatic carbocycles. The van der Waals surface area contributed by atoms with Crippen LogP contribution in [0.3, 0.4) is 0 Å². The van der Waals surface area contributed by atoms with Crippen molar-refractivity contribution in [1.29, 1.82) is 0 Å². The number of rotatable bonds is 2. The molecule has 1 fully saturated rings. The Morgan fingerprint density at radius 2 is 2.33 bits per heavy atom. The van der Waals surface area contributed by atoms with Gasteiger partial charge in [-0.15, -0.1) is 5.10 Å². The third-order valence-electron chi connectivity index (χ3n) is 3.41. The number of carbonyl (C=O) groups is 1. The van der Waals surface area contributed by atoms with Crippen molar-refractivity contribution < 1.29 is 9.90 Å². The lowest BCUT2D eigenvalue weighted by atomic mass is 10.2. The zero-order chi connectivity index (χ0) is 12.7. The summed E-state index contributed by atoms with van der Waals surface area (Å²) >= 11 is 0. The first-order chi connectivity index (χ1) is 8.66. The molecule has 3 rings (SSSR count). The third kappa shape index (κ3) is 1.61. The molecule has 0 radical (unpaired) electrons. The monoisotopic (exact) mass is 246 g/mol. The van der Waals surface area contributed by atoms with Gasteiger partial charge in [0.1, 0.15) is 5.82 Å². The van der Waals surface area contributed by atoms with Crippen LogP contribution in [0.2, 0.25) is 0 Å². The Morgan fingerprint density at radius 1 is 1.50 bits per heavy atom. The van der Waals surface area contributed by atoms with Crippen molar-refractivity contribution in [2.45, 2.75) is 25.8 Å². The van der Waals surface area contributed by atoms with Crippen LogP contribution in [0.1, 0.15) is 30.3 Å². The number of imidazole rings is 1. The van der Waals surface area contributed by atoms with Crippen LogP contribution in [0.4, 0.5) is 5.82 Å². The Balaban J connectivity index is 2.09. The van der Waals surface area contributed by atoms with E-state index in [-0.39, 0.29) is 5.69 Å². The van der Waals surface area contributed by atoms with Crippen LogP contribution in [0, 0.1) is 0 Å². The summed E-state index contributed by atoms with van der Waals surface area (Å²) in [5.74, 6) is -0.199. The average Bonchev–Trinajstić information content (AvgIpc) is 2.93. The molecular weight excluding hydrogens is 232 g/mol. The van der Waals surface area contributed by atoms with E-state index in [1.165, 1.54) is 10.7 Å². The number of hydrogen-bond donors (Lipinski definition) is 1. The maximum absolute atomic E-state index is 11.1. The van der Waals surface area contributed by atoms with Crippen molar-refractivity contribution in [1.82, 2.24) is 14.6 Å². The Hall–Kier alpha value is -2.11. The van der Waals surface area contributed by atoms with Crippen LogP contribution in [0.25, 0.3) is 5.65 Å². The third-order valence-corrected chi connectivity index (χ3v) is 3.41. The number of carboxylic acid groups (broad SMARTS) is 1. The minimum Gasteiger partial charge on any atom is -0.476 e. The molecule has 6 nitrogen and oxygen atoms in total. The maximum atomic E-state index is 11.1. The number of anilines is 1. The van der Waals surface area contributed by atoms with E-state index in [4.69, 9.17) is 5.11 Å². The van der Waals surface area contributed by atoms with Gasteiger partial charge in [0.2, 0.25) is 0 Å². The number of fused-ring (bicyclic) bond motifs is 1. The second kappa shape index (κ2) is 3.97. The van der Waals surface area contributed by atoms with E-state index in [1.54, 1.807) is 6.07 Å². The molecule has 94 valence electrons. The Bertz CT molecular complexity index is 607. The highest BCUT2D eigenvalue weighted by Crippen LogP contribution is 2.23. The summed E-state index contributed by atoms with van der Waals surface area (Å²) in [5, 5.41) is 13.5. The fourth-order valence-electron chi connectivity index (χ4n) is 2.44. The molecule has 6 heteroatoms. The minimum absolute atomic E-state index is 0.0960. The van der Waals surface area contributed by atoms with E-state index in [2.05, 4.69) is 21.9 Å². The molecule has 2 aromatic heterocycles. The van der Waals surface area contributed by atoms with Crippen molar-refractivity contribution in [3.63, 3.8) is 0 Å². The zero-order valence-corrected chi connectivity index (χ0v) is 10.1. The van der Waals surface area contributed by atoms with Crippen LogP contribution < -0.4 is 4.90 Å². The first-order valence-electron chi connectivity index (χ1n) is 6.01. The summed E-state index contributed by atoms with van der Waals surface area (Å²) in [4.78, 5) is 17.3. The summed E-state index contributed by atoms with van der Waals surface area (Å²) in [5.41, 5.74) is 0.654. The highest BCUT2D eigenvalue weighted by molar-refractivity contribution is 5.86. The summed E-state index contributed by atoms with van der Waals surface area (Å²) in [6, 6.07) is 4.15. The lowest BCUT2D eigenvalue weighted by Crippen LogP contribution is -2.27.